The number of carboxylic acids is 1. The number of nitrogens with zero attached hydrogens (tertiary/aromatic N) is 2. The largest absolute Gasteiger partial charge is 0.481 e. The zero-order valence-electron chi connectivity index (χ0n) is 12.3. The van der Waals surface area contributed by atoms with Crippen LogP contribution in [0.1, 0.15) is 46.0 Å². The third-order valence-corrected chi connectivity index (χ3v) is 5.39. The molecule has 112 valence electrons. The number of aliphatic carboxylic acids is 1. The zero-order chi connectivity index (χ0) is 14.4. The van der Waals surface area contributed by atoms with E-state index in [-0.39, 0.29) is 24.0 Å². The van der Waals surface area contributed by atoms with E-state index in [0.29, 0.717) is 18.4 Å². The van der Waals surface area contributed by atoms with Crippen LogP contribution >= 0.6 is 0 Å². The number of hydrogen-bond acceptors (Lipinski definition) is 2. The van der Waals surface area contributed by atoms with E-state index in [1.807, 2.05) is 9.80 Å². The quantitative estimate of drug-likeness (QED) is 0.843. The molecule has 3 saturated heterocycles. The molecule has 0 saturated carbocycles. The van der Waals surface area contributed by atoms with E-state index in [0.717, 1.165) is 32.2 Å². The van der Waals surface area contributed by atoms with E-state index in [1.54, 1.807) is 0 Å². The number of carbonyl (C=O) groups excluding carboxylic acids is 1. The number of carboxylic acid groups (broad SMARTS) is 1. The monoisotopic (exact) mass is 280 g/mol. The molecule has 3 aliphatic heterocycles. The normalized spacial score (nSPS) is 36.1. The first-order chi connectivity index (χ1) is 9.50. The first kappa shape index (κ1) is 13.7. The minimum atomic E-state index is -0.739. The molecule has 3 heterocycles. The lowest BCUT2D eigenvalue weighted by Crippen LogP contribution is -2.49. The molecule has 0 aromatic rings. The summed E-state index contributed by atoms with van der Waals surface area (Å²) in [6.45, 7) is 5.15. The fourth-order valence-electron chi connectivity index (χ4n) is 4.42. The van der Waals surface area contributed by atoms with Crippen LogP contribution < -0.4 is 0 Å². The van der Waals surface area contributed by atoms with Crippen molar-refractivity contribution < 1.29 is 14.7 Å². The Labute approximate surface area is 119 Å². The molecular weight excluding hydrogens is 256 g/mol. The van der Waals surface area contributed by atoms with E-state index >= 15 is 0 Å². The van der Waals surface area contributed by atoms with Crippen LogP contribution in [0.5, 0.6) is 0 Å². The second kappa shape index (κ2) is 4.93. The van der Waals surface area contributed by atoms with Gasteiger partial charge in [0.2, 0.25) is 0 Å². The summed E-state index contributed by atoms with van der Waals surface area (Å²) in [6, 6.07) is 0.503. The molecule has 1 N–H and O–H groups in total. The van der Waals surface area contributed by atoms with Gasteiger partial charge in [-0.1, -0.05) is 13.8 Å². The molecule has 5 heteroatoms. The zero-order valence-corrected chi connectivity index (χ0v) is 12.3. The highest BCUT2D eigenvalue weighted by Gasteiger charge is 2.53. The number of fused-ring (bicyclic) bond motifs is 2. The maximum Gasteiger partial charge on any atom is 0.320 e. The number of amides is 2. The summed E-state index contributed by atoms with van der Waals surface area (Å²) in [4.78, 5) is 28.1. The number of rotatable bonds is 2. The molecule has 5 nitrogen and oxygen atoms in total. The predicted molar refractivity (Wildman–Crippen MR) is 74.4 cm³/mol. The lowest BCUT2D eigenvalue weighted by Gasteiger charge is -2.34. The van der Waals surface area contributed by atoms with Crippen LogP contribution in [-0.4, -0.2) is 51.6 Å². The minimum absolute atomic E-state index is 0.0709. The lowest BCUT2D eigenvalue weighted by atomic mass is 9.89. The highest BCUT2D eigenvalue weighted by molar-refractivity contribution is 5.80. The molecule has 0 spiro atoms. The van der Waals surface area contributed by atoms with Crippen molar-refractivity contribution >= 4 is 12.0 Å². The van der Waals surface area contributed by atoms with Gasteiger partial charge in [0.1, 0.15) is 0 Å². The van der Waals surface area contributed by atoms with Crippen molar-refractivity contribution in [2.24, 2.45) is 11.8 Å². The van der Waals surface area contributed by atoms with Gasteiger partial charge in [-0.05, 0) is 38.0 Å². The molecule has 0 radical (unpaired) electrons. The molecule has 3 aliphatic rings. The van der Waals surface area contributed by atoms with Crippen molar-refractivity contribution in [3.8, 4) is 0 Å². The van der Waals surface area contributed by atoms with Gasteiger partial charge in [-0.2, -0.15) is 0 Å². The van der Waals surface area contributed by atoms with Gasteiger partial charge in [0.05, 0.1) is 5.92 Å². The van der Waals surface area contributed by atoms with Gasteiger partial charge in [0, 0.05) is 24.7 Å². The Morgan fingerprint density at radius 1 is 1.20 bits per heavy atom. The van der Waals surface area contributed by atoms with Crippen LogP contribution in [0.25, 0.3) is 0 Å². The van der Waals surface area contributed by atoms with Crippen LogP contribution in [0.3, 0.4) is 0 Å². The summed E-state index contributed by atoms with van der Waals surface area (Å²) >= 11 is 0. The molecule has 3 fully saturated rings. The standard InChI is InChI=1S/C15H24N2O3/c1-9(2)12-4-3-7-16(12)15(20)17-10-5-6-13(17)11(8-10)14(18)19/h9-13H,3-8H2,1-2H3,(H,18,19). The van der Waals surface area contributed by atoms with Crippen LogP contribution in [0.15, 0.2) is 0 Å². The van der Waals surface area contributed by atoms with E-state index in [9.17, 15) is 14.7 Å². The summed E-state index contributed by atoms with van der Waals surface area (Å²) in [5, 5.41) is 9.29. The number of carbonyl (C=O) groups is 2. The Hall–Kier alpha value is -1.26. The van der Waals surface area contributed by atoms with Gasteiger partial charge in [0.15, 0.2) is 0 Å². The van der Waals surface area contributed by atoms with E-state index in [1.165, 1.54) is 0 Å². The van der Waals surface area contributed by atoms with Gasteiger partial charge < -0.3 is 14.9 Å². The number of hydrogen-bond donors (Lipinski definition) is 1. The predicted octanol–water partition coefficient (Wildman–Crippen LogP) is 2.16. The van der Waals surface area contributed by atoms with Gasteiger partial charge in [-0.3, -0.25) is 4.79 Å². The highest BCUT2D eigenvalue weighted by atomic mass is 16.4. The van der Waals surface area contributed by atoms with Crippen molar-refractivity contribution in [1.82, 2.24) is 9.80 Å². The van der Waals surface area contributed by atoms with Crippen LogP contribution in [0.2, 0.25) is 0 Å². The van der Waals surface area contributed by atoms with E-state index in [4.69, 9.17) is 0 Å². The average molecular weight is 280 g/mol. The van der Waals surface area contributed by atoms with Gasteiger partial charge >= 0.3 is 12.0 Å². The Morgan fingerprint density at radius 2 is 1.95 bits per heavy atom. The Bertz CT molecular complexity index is 423. The molecule has 20 heavy (non-hydrogen) atoms. The van der Waals surface area contributed by atoms with Crippen molar-refractivity contribution in [1.29, 1.82) is 0 Å². The third-order valence-electron chi connectivity index (χ3n) is 5.39. The Morgan fingerprint density at radius 3 is 2.55 bits per heavy atom. The molecule has 4 atom stereocenters. The smallest absolute Gasteiger partial charge is 0.320 e. The van der Waals surface area contributed by atoms with Crippen LogP contribution in [0, 0.1) is 11.8 Å². The van der Waals surface area contributed by atoms with Crippen molar-refractivity contribution in [2.45, 2.75) is 64.1 Å². The summed E-state index contributed by atoms with van der Waals surface area (Å²) in [6.07, 6.45) is 4.62. The second-order valence-corrected chi connectivity index (χ2v) is 6.82. The van der Waals surface area contributed by atoms with Crippen LogP contribution in [0.4, 0.5) is 4.79 Å². The molecule has 3 rings (SSSR count). The maximum atomic E-state index is 12.9. The fraction of sp³-hybridized carbons (Fsp3) is 0.867. The van der Waals surface area contributed by atoms with Crippen molar-refractivity contribution in [3.05, 3.63) is 0 Å². The van der Waals surface area contributed by atoms with Crippen molar-refractivity contribution in [2.75, 3.05) is 6.54 Å². The fourth-order valence-corrected chi connectivity index (χ4v) is 4.42. The summed E-state index contributed by atoms with van der Waals surface area (Å²) < 4.78 is 0. The molecule has 2 amide bonds. The van der Waals surface area contributed by atoms with E-state index < -0.39 is 5.97 Å². The maximum absolute atomic E-state index is 12.9. The second-order valence-electron chi connectivity index (χ2n) is 6.82. The van der Waals surface area contributed by atoms with Gasteiger partial charge in [0.25, 0.3) is 0 Å². The lowest BCUT2D eigenvalue weighted by molar-refractivity contribution is -0.142. The third kappa shape index (κ3) is 1.98. The molecule has 0 aliphatic carbocycles. The first-order valence-electron chi connectivity index (χ1n) is 7.82. The Balaban J connectivity index is 1.76. The van der Waals surface area contributed by atoms with Crippen molar-refractivity contribution in [3.63, 3.8) is 0 Å². The molecule has 4 unspecified atom stereocenters. The molecular formula is C15H24N2O3. The van der Waals surface area contributed by atoms with Gasteiger partial charge in [-0.25, -0.2) is 4.79 Å². The highest BCUT2D eigenvalue weighted by Crippen LogP contribution is 2.43. The molecule has 2 bridgehead atoms. The van der Waals surface area contributed by atoms with Gasteiger partial charge in [-0.15, -0.1) is 0 Å². The number of likely N-dealkylation sites (tertiary alicyclic amines) is 1. The number of urea groups is 1. The van der Waals surface area contributed by atoms with Crippen LogP contribution in [-0.2, 0) is 4.79 Å². The first-order valence-corrected chi connectivity index (χ1v) is 7.82. The Kier molecular flexibility index (Phi) is 3.38. The van der Waals surface area contributed by atoms with E-state index in [2.05, 4.69) is 13.8 Å². The topological polar surface area (TPSA) is 60.9 Å². The molecule has 0 aromatic heterocycles. The SMILES string of the molecule is CC(C)C1CCCN1C(=O)N1C2CCC1C(C(=O)O)C2. The summed E-state index contributed by atoms with van der Waals surface area (Å²) in [7, 11) is 0. The minimum Gasteiger partial charge on any atom is -0.481 e. The average Bonchev–Trinajstić information content (AvgIpc) is 3.11. The molecule has 0 aromatic carbocycles. The summed E-state index contributed by atoms with van der Waals surface area (Å²) in [5.74, 6) is -0.619. The summed E-state index contributed by atoms with van der Waals surface area (Å²) in [5.41, 5.74) is 0.